The number of hydrogen-bond acceptors (Lipinski definition) is 1. The highest BCUT2D eigenvalue weighted by atomic mass is 16.2. The van der Waals surface area contributed by atoms with Gasteiger partial charge in [0.25, 0.3) is 0 Å². The second-order valence-electron chi connectivity index (χ2n) is 5.77. The maximum Gasteiger partial charge on any atom is 0.0402 e. The summed E-state index contributed by atoms with van der Waals surface area (Å²) in [7, 11) is 0. The first-order chi connectivity index (χ1) is 11.3. The largest absolute Gasteiger partial charge is 0.397 e. The van der Waals surface area contributed by atoms with E-state index in [0.29, 0.717) is 0 Å². The van der Waals surface area contributed by atoms with Gasteiger partial charge in [-0.25, -0.2) is 0 Å². The summed E-state index contributed by atoms with van der Waals surface area (Å²) in [6.45, 7) is 1.93. The molecule has 1 nitrogen and oxygen atoms in total. The van der Waals surface area contributed by atoms with Crippen LogP contribution in [0.15, 0.2) is 72.8 Å². The van der Waals surface area contributed by atoms with Crippen LogP contribution in [0.2, 0.25) is 0 Å². The first kappa shape index (κ1) is 14.0. The van der Waals surface area contributed by atoms with Gasteiger partial charge in [0.1, 0.15) is 0 Å². The minimum Gasteiger partial charge on any atom is -0.397 e. The highest BCUT2D eigenvalue weighted by molar-refractivity contribution is 6.28. The summed E-state index contributed by atoms with van der Waals surface area (Å²) in [5.41, 5.74) is 0. The van der Waals surface area contributed by atoms with Crippen molar-refractivity contribution in [2.24, 2.45) is 0 Å². The second kappa shape index (κ2) is 5.53. The lowest BCUT2D eigenvalue weighted by Gasteiger charge is -2.12. The van der Waals surface area contributed by atoms with Crippen molar-refractivity contribution in [3.05, 3.63) is 72.8 Å². The van der Waals surface area contributed by atoms with Gasteiger partial charge in [0.15, 0.2) is 0 Å². The van der Waals surface area contributed by atoms with E-state index < -0.39 is 0 Å². The summed E-state index contributed by atoms with van der Waals surface area (Å²) in [5.74, 6) is 0. The molecular weight excluding hydrogens is 280 g/mol. The van der Waals surface area contributed by atoms with Crippen molar-refractivity contribution in [3.8, 4) is 0 Å². The van der Waals surface area contributed by atoms with Crippen molar-refractivity contribution >= 4 is 43.1 Å². The van der Waals surface area contributed by atoms with Gasteiger partial charge in [0, 0.05) is 6.61 Å². The van der Waals surface area contributed by atoms with Crippen molar-refractivity contribution < 1.29 is 5.11 Å². The van der Waals surface area contributed by atoms with Crippen LogP contribution in [-0.4, -0.2) is 11.7 Å². The third-order valence-corrected chi connectivity index (χ3v) is 4.37. The Balaban J connectivity index is 0.000000421. The molecule has 0 aromatic heterocycles. The van der Waals surface area contributed by atoms with E-state index in [0.717, 1.165) is 0 Å². The van der Waals surface area contributed by atoms with Gasteiger partial charge in [-0.1, -0.05) is 66.7 Å². The summed E-state index contributed by atoms with van der Waals surface area (Å²) in [6.07, 6.45) is 0. The molecule has 0 unspecified atom stereocenters. The lowest BCUT2D eigenvalue weighted by Crippen LogP contribution is -1.85. The molecule has 112 valence electrons. The van der Waals surface area contributed by atoms with Gasteiger partial charge in [0.05, 0.1) is 0 Å². The Morgan fingerprint density at radius 3 is 2.00 bits per heavy atom. The molecule has 0 amide bonds. The topological polar surface area (TPSA) is 20.2 Å². The van der Waals surface area contributed by atoms with Crippen LogP contribution in [0.5, 0.6) is 0 Å². The van der Waals surface area contributed by atoms with Gasteiger partial charge < -0.3 is 5.11 Å². The molecule has 0 atom stereocenters. The first-order valence-corrected chi connectivity index (χ1v) is 7.99. The van der Waals surface area contributed by atoms with E-state index in [1.165, 1.54) is 43.1 Å². The molecule has 1 heteroatoms. The molecule has 0 bridgehead atoms. The molecule has 0 radical (unpaired) electrons. The summed E-state index contributed by atoms with van der Waals surface area (Å²) in [5, 5.41) is 18.4. The molecule has 0 spiro atoms. The molecule has 5 aromatic rings. The molecule has 0 saturated carbocycles. The zero-order valence-electron chi connectivity index (χ0n) is 13.1. The summed E-state index contributed by atoms with van der Waals surface area (Å²) in [4.78, 5) is 0. The van der Waals surface area contributed by atoms with E-state index in [9.17, 15) is 0 Å². The molecule has 0 saturated heterocycles. The molecule has 0 fully saturated rings. The van der Waals surface area contributed by atoms with Gasteiger partial charge in [-0.05, 0) is 56.1 Å². The van der Waals surface area contributed by atoms with Gasteiger partial charge in [0.2, 0.25) is 0 Å². The second-order valence-corrected chi connectivity index (χ2v) is 5.77. The van der Waals surface area contributed by atoms with Gasteiger partial charge in [-0.2, -0.15) is 0 Å². The highest BCUT2D eigenvalue weighted by Crippen LogP contribution is 2.38. The van der Waals surface area contributed by atoms with Crippen LogP contribution in [0.3, 0.4) is 0 Å². The maximum absolute atomic E-state index is 7.57. The predicted molar refractivity (Wildman–Crippen MR) is 100 cm³/mol. The van der Waals surface area contributed by atoms with Gasteiger partial charge >= 0.3 is 0 Å². The number of rotatable bonds is 0. The van der Waals surface area contributed by atoms with E-state index in [1.807, 2.05) is 0 Å². The van der Waals surface area contributed by atoms with Crippen molar-refractivity contribution in [2.75, 3.05) is 6.61 Å². The molecule has 5 rings (SSSR count). The molecule has 1 N–H and O–H groups in total. The fraction of sp³-hybridized carbons (Fsp3) is 0.0909. The fourth-order valence-corrected chi connectivity index (χ4v) is 3.49. The standard InChI is InChI=1S/C20H12.C2H6O/c1-2-7-17-15(4-1)12-16-9-8-13-5-3-6-14-10-11-18(17)20(16)19(13)14;1-2-3/h1-12H;3H,2H2,1H3. The van der Waals surface area contributed by atoms with Crippen molar-refractivity contribution in [1.29, 1.82) is 0 Å². The number of aliphatic hydroxyl groups is 1. The maximum atomic E-state index is 7.57. The van der Waals surface area contributed by atoms with E-state index >= 15 is 0 Å². The Morgan fingerprint density at radius 1 is 0.609 bits per heavy atom. The van der Waals surface area contributed by atoms with Crippen LogP contribution in [0, 0.1) is 0 Å². The van der Waals surface area contributed by atoms with E-state index in [-0.39, 0.29) is 6.61 Å². The van der Waals surface area contributed by atoms with Crippen LogP contribution >= 0.6 is 0 Å². The summed E-state index contributed by atoms with van der Waals surface area (Å²) in [6, 6.07) is 26.5. The van der Waals surface area contributed by atoms with Crippen LogP contribution in [0.25, 0.3) is 43.1 Å². The average Bonchev–Trinajstić information content (AvgIpc) is 2.60. The van der Waals surface area contributed by atoms with Crippen molar-refractivity contribution in [3.63, 3.8) is 0 Å². The van der Waals surface area contributed by atoms with E-state index in [2.05, 4.69) is 72.8 Å². The number of fused-ring (bicyclic) bond motifs is 2. The van der Waals surface area contributed by atoms with E-state index in [1.54, 1.807) is 6.92 Å². The van der Waals surface area contributed by atoms with Crippen molar-refractivity contribution in [1.82, 2.24) is 0 Å². The minimum absolute atomic E-state index is 0.250. The SMILES string of the molecule is CCO.c1ccc2c(c1)cc1ccc3cccc4ccc2c1c34. The van der Waals surface area contributed by atoms with Crippen LogP contribution < -0.4 is 0 Å². The Kier molecular flexibility index (Phi) is 3.36. The zero-order chi connectivity index (χ0) is 15.8. The lowest BCUT2D eigenvalue weighted by molar-refractivity contribution is 0.318. The van der Waals surface area contributed by atoms with Gasteiger partial charge in [-0.3, -0.25) is 0 Å². The first-order valence-electron chi connectivity index (χ1n) is 7.99. The Morgan fingerprint density at radius 2 is 1.22 bits per heavy atom. The smallest absolute Gasteiger partial charge is 0.0402 e. The molecule has 0 aliphatic carbocycles. The lowest BCUT2D eigenvalue weighted by atomic mass is 9.91. The number of aliphatic hydroxyl groups excluding tert-OH is 1. The zero-order valence-corrected chi connectivity index (χ0v) is 13.1. The highest BCUT2D eigenvalue weighted by Gasteiger charge is 2.09. The summed E-state index contributed by atoms with van der Waals surface area (Å²) < 4.78 is 0. The number of hydrogen-bond donors (Lipinski definition) is 1. The Hall–Kier alpha value is -2.64. The average molecular weight is 298 g/mol. The molecular formula is C22H18O. The number of benzene rings is 5. The molecule has 0 aliphatic rings. The Bertz CT molecular complexity index is 1090. The molecule has 0 heterocycles. The Labute approximate surface area is 135 Å². The minimum atomic E-state index is 0.250. The third kappa shape index (κ3) is 2.13. The quantitative estimate of drug-likeness (QED) is 0.286. The third-order valence-electron chi connectivity index (χ3n) is 4.37. The van der Waals surface area contributed by atoms with Crippen molar-refractivity contribution in [2.45, 2.75) is 6.92 Å². The summed E-state index contributed by atoms with van der Waals surface area (Å²) >= 11 is 0. The normalized spacial score (nSPS) is 11.2. The molecule has 5 aromatic carbocycles. The van der Waals surface area contributed by atoms with Crippen LogP contribution in [0.1, 0.15) is 6.92 Å². The van der Waals surface area contributed by atoms with Crippen LogP contribution in [-0.2, 0) is 0 Å². The van der Waals surface area contributed by atoms with E-state index in [4.69, 9.17) is 5.11 Å². The van der Waals surface area contributed by atoms with Gasteiger partial charge in [-0.15, -0.1) is 0 Å². The molecule has 23 heavy (non-hydrogen) atoms. The fourth-order valence-electron chi connectivity index (χ4n) is 3.49. The van der Waals surface area contributed by atoms with Crippen LogP contribution in [0.4, 0.5) is 0 Å². The monoisotopic (exact) mass is 298 g/mol. The molecule has 0 aliphatic heterocycles. The predicted octanol–water partition coefficient (Wildman–Crippen LogP) is 5.74.